The van der Waals surface area contributed by atoms with E-state index in [4.69, 9.17) is 6.57 Å². The Labute approximate surface area is 323 Å². The number of rotatable bonds is 6. The first-order valence-corrected chi connectivity index (χ1v) is 18.3. The summed E-state index contributed by atoms with van der Waals surface area (Å²) in [7, 11) is 0. The molecule has 10 rings (SSSR count). The van der Waals surface area contributed by atoms with Crippen LogP contribution in [0.3, 0.4) is 0 Å². The van der Waals surface area contributed by atoms with Gasteiger partial charge in [0.25, 0.3) is 11.8 Å². The van der Waals surface area contributed by atoms with Crippen molar-refractivity contribution in [3.05, 3.63) is 205 Å². The fourth-order valence-corrected chi connectivity index (χ4v) is 8.06. The Hall–Kier alpha value is -7.88. The topological polar surface area (TPSA) is 59.6 Å². The predicted molar refractivity (Wildman–Crippen MR) is 224 cm³/mol. The van der Waals surface area contributed by atoms with Crippen molar-refractivity contribution >= 4 is 45.0 Å². The summed E-state index contributed by atoms with van der Waals surface area (Å²) in [6, 6.07) is 55.9. The van der Waals surface area contributed by atoms with E-state index in [1.165, 1.54) is 4.90 Å². The van der Waals surface area contributed by atoms with E-state index in [0.717, 1.165) is 66.3 Å². The van der Waals surface area contributed by atoms with E-state index in [2.05, 4.69) is 56.9 Å². The van der Waals surface area contributed by atoms with Gasteiger partial charge in [0.2, 0.25) is 5.69 Å². The van der Waals surface area contributed by atoms with Crippen LogP contribution in [0.5, 0.6) is 0 Å². The van der Waals surface area contributed by atoms with Crippen molar-refractivity contribution in [2.75, 3.05) is 4.90 Å². The number of amides is 2. The van der Waals surface area contributed by atoms with E-state index in [1.807, 2.05) is 121 Å². The zero-order chi connectivity index (χ0) is 37.8. The average Bonchev–Trinajstić information content (AvgIpc) is 3.73. The molecule has 2 aromatic heterocycles. The number of nitrogens with zero attached hydrogens (tertiary/aromatic N) is 4. The number of carbonyl (C=O) groups excluding carboxylic acids is 2. The number of aromatic nitrogens is 2. The molecule has 0 radical (unpaired) electrons. The minimum absolute atomic E-state index is 0.340. The quantitative estimate of drug-likeness (QED) is 0.127. The number of anilines is 1. The number of pyridine rings is 1. The lowest BCUT2D eigenvalue weighted by molar-refractivity contribution is 0.0926. The minimum Gasteiger partial charge on any atom is -0.308 e. The third-order valence-corrected chi connectivity index (χ3v) is 10.6. The Bertz CT molecular complexity index is 3010. The number of carbonyl (C=O) groups is 2. The van der Waals surface area contributed by atoms with Gasteiger partial charge in [-0.15, -0.1) is 0 Å². The maximum absolute atomic E-state index is 15.3. The molecule has 0 saturated heterocycles. The summed E-state index contributed by atoms with van der Waals surface area (Å²) >= 11 is 0. The van der Waals surface area contributed by atoms with Gasteiger partial charge >= 0.3 is 0 Å². The summed E-state index contributed by atoms with van der Waals surface area (Å²) in [4.78, 5) is 39.6. The van der Waals surface area contributed by atoms with Crippen LogP contribution < -0.4 is 4.90 Å². The monoisotopic (exact) mass is 718 g/mol. The zero-order valence-corrected chi connectivity index (χ0v) is 29.9. The van der Waals surface area contributed by atoms with Gasteiger partial charge < -0.3 is 4.57 Å². The van der Waals surface area contributed by atoms with Crippen molar-refractivity contribution < 1.29 is 9.59 Å². The first kappa shape index (κ1) is 32.7. The van der Waals surface area contributed by atoms with Gasteiger partial charge in [0.1, 0.15) is 0 Å². The number of para-hydroxylation sites is 1. The van der Waals surface area contributed by atoms with Gasteiger partial charge in [-0.3, -0.25) is 14.6 Å². The molecule has 0 unspecified atom stereocenters. The highest BCUT2D eigenvalue weighted by Crippen LogP contribution is 2.47. The average molecular weight is 719 g/mol. The summed E-state index contributed by atoms with van der Waals surface area (Å²) in [6.07, 6.45) is 3.30. The third kappa shape index (κ3) is 5.22. The maximum Gasteiger partial charge on any atom is 0.268 e. The molecule has 0 spiro atoms. The molecule has 0 saturated carbocycles. The number of fused-ring (bicyclic) bond motifs is 4. The largest absolute Gasteiger partial charge is 0.308 e. The normalized spacial score (nSPS) is 12.3. The Morgan fingerprint density at radius 2 is 1.09 bits per heavy atom. The second kappa shape index (κ2) is 13.2. The van der Waals surface area contributed by atoms with Gasteiger partial charge in [-0.05, 0) is 75.8 Å². The number of benzene rings is 7. The highest BCUT2D eigenvalue weighted by molar-refractivity contribution is 6.37. The predicted octanol–water partition coefficient (Wildman–Crippen LogP) is 12.2. The van der Waals surface area contributed by atoms with Crippen LogP contribution in [0.25, 0.3) is 76.8 Å². The second-order valence-corrected chi connectivity index (χ2v) is 13.8. The van der Waals surface area contributed by atoms with Gasteiger partial charge in [0.15, 0.2) is 0 Å². The number of hydrogen-bond donors (Lipinski definition) is 0. The molecule has 56 heavy (non-hydrogen) atoms. The third-order valence-electron chi connectivity index (χ3n) is 10.6. The van der Waals surface area contributed by atoms with Crippen LogP contribution in [0.15, 0.2) is 182 Å². The lowest BCUT2D eigenvalue weighted by atomic mass is 9.90. The Morgan fingerprint density at radius 1 is 0.464 bits per heavy atom. The minimum atomic E-state index is -0.390. The molecule has 6 heteroatoms. The van der Waals surface area contributed by atoms with Crippen molar-refractivity contribution in [1.82, 2.24) is 9.55 Å². The number of imide groups is 1. The molecular weight excluding hydrogens is 689 g/mol. The van der Waals surface area contributed by atoms with Crippen molar-refractivity contribution in [1.29, 1.82) is 0 Å². The fraction of sp³-hybridized carbons (Fsp3) is 0. The van der Waals surface area contributed by atoms with E-state index in [-0.39, 0.29) is 5.91 Å². The molecule has 6 nitrogen and oxygen atoms in total. The van der Waals surface area contributed by atoms with Crippen molar-refractivity contribution in [2.45, 2.75) is 0 Å². The summed E-state index contributed by atoms with van der Waals surface area (Å²) in [6.45, 7) is 7.53. The summed E-state index contributed by atoms with van der Waals surface area (Å²) < 4.78 is 2.09. The standard InChI is InChI=1S/C50H30N4O2/c1-51-38-26-37(30-52-31-38)35-24-25-40-39-20-11-12-22-44(39)53(46(40)29-35)45-23-13-21-41-47(45)50(56)54(49(41)55)48-42(33-16-7-3-8-17-33)27-36(32-14-5-2-6-15-32)28-43(48)34-18-9-4-10-19-34/h2-31H. The molecule has 3 heterocycles. The molecule has 1 aliphatic heterocycles. The SMILES string of the molecule is [C-]#[N+]c1cncc(-c2ccc3c4ccccc4n(-c4cccc5c4C(=O)N(c4c(-c6ccccc6)cc(-c6ccccc6)cc4-c4ccccc4)C5=O)c3c2)c1. The molecule has 0 aliphatic carbocycles. The highest BCUT2D eigenvalue weighted by atomic mass is 16.2. The van der Waals surface area contributed by atoms with Crippen LogP contribution in [0.2, 0.25) is 0 Å². The van der Waals surface area contributed by atoms with Crippen molar-refractivity contribution in [2.24, 2.45) is 0 Å². The van der Waals surface area contributed by atoms with Crippen LogP contribution in [0.1, 0.15) is 20.7 Å². The highest BCUT2D eigenvalue weighted by Gasteiger charge is 2.41. The molecule has 0 N–H and O–H groups in total. The van der Waals surface area contributed by atoms with E-state index in [0.29, 0.717) is 28.2 Å². The smallest absolute Gasteiger partial charge is 0.268 e. The molecular formula is C50H30N4O2. The molecule has 0 fully saturated rings. The molecule has 262 valence electrons. The van der Waals surface area contributed by atoms with Crippen LogP contribution in [-0.2, 0) is 0 Å². The van der Waals surface area contributed by atoms with Gasteiger partial charge in [-0.1, -0.05) is 127 Å². The van der Waals surface area contributed by atoms with E-state index < -0.39 is 5.91 Å². The summed E-state index contributed by atoms with van der Waals surface area (Å²) in [5.74, 6) is -0.768. The Morgan fingerprint density at radius 3 is 1.77 bits per heavy atom. The molecule has 0 bridgehead atoms. The second-order valence-electron chi connectivity index (χ2n) is 13.8. The maximum atomic E-state index is 15.3. The lowest BCUT2D eigenvalue weighted by Gasteiger charge is -2.24. The van der Waals surface area contributed by atoms with Crippen LogP contribution in [0, 0.1) is 6.57 Å². The molecule has 7 aromatic carbocycles. The van der Waals surface area contributed by atoms with Gasteiger partial charge in [-0.2, -0.15) is 0 Å². The summed E-state index contributed by atoms with van der Waals surface area (Å²) in [5, 5.41) is 2.02. The zero-order valence-electron chi connectivity index (χ0n) is 29.9. The first-order chi connectivity index (χ1) is 27.6. The van der Waals surface area contributed by atoms with Crippen LogP contribution in [-0.4, -0.2) is 21.4 Å². The Kier molecular flexibility index (Phi) is 7.72. The van der Waals surface area contributed by atoms with Crippen LogP contribution in [0.4, 0.5) is 11.4 Å². The van der Waals surface area contributed by atoms with Crippen molar-refractivity contribution in [3.63, 3.8) is 0 Å². The van der Waals surface area contributed by atoms with E-state index in [1.54, 1.807) is 18.5 Å². The van der Waals surface area contributed by atoms with E-state index >= 15 is 4.79 Å². The fourth-order valence-electron chi connectivity index (χ4n) is 8.06. The first-order valence-electron chi connectivity index (χ1n) is 18.3. The van der Waals surface area contributed by atoms with Crippen molar-refractivity contribution in [3.8, 4) is 50.2 Å². The lowest BCUT2D eigenvalue weighted by Crippen LogP contribution is -2.30. The molecule has 0 atom stereocenters. The number of hydrogen-bond acceptors (Lipinski definition) is 3. The summed E-state index contributed by atoms with van der Waals surface area (Å²) in [5.41, 5.74) is 11.1. The van der Waals surface area contributed by atoms with Gasteiger partial charge in [-0.25, -0.2) is 9.74 Å². The van der Waals surface area contributed by atoms with Crippen LogP contribution >= 0.6 is 0 Å². The molecule has 9 aromatic rings. The van der Waals surface area contributed by atoms with Gasteiger partial charge in [0.05, 0.1) is 40.1 Å². The van der Waals surface area contributed by atoms with E-state index in [9.17, 15) is 4.79 Å². The Balaban J connectivity index is 1.22. The van der Waals surface area contributed by atoms with Gasteiger partial charge in [0, 0.05) is 34.3 Å². The molecule has 2 amide bonds. The molecule has 1 aliphatic rings.